The van der Waals surface area contributed by atoms with E-state index in [9.17, 15) is 0 Å². The summed E-state index contributed by atoms with van der Waals surface area (Å²) in [4.78, 5) is 0. The van der Waals surface area contributed by atoms with Gasteiger partial charge in [0.05, 0.1) is 14.2 Å². The number of methoxy groups -OCH3 is 2. The summed E-state index contributed by atoms with van der Waals surface area (Å²) in [5.74, 6) is 1.63. The van der Waals surface area contributed by atoms with Crippen molar-refractivity contribution >= 4 is 0 Å². The molecule has 0 saturated heterocycles. The van der Waals surface area contributed by atoms with Crippen LogP contribution < -0.4 is 20.2 Å². The molecule has 3 rings (SSSR count). The average Bonchev–Trinajstić information content (AvgIpc) is 3.03. The fourth-order valence-corrected chi connectivity index (χ4v) is 3.22. The topological polar surface area (TPSA) is 45.8 Å². The molecule has 0 bridgehead atoms. The van der Waals surface area contributed by atoms with Crippen molar-refractivity contribution in [1.29, 1.82) is 0 Å². The number of ether oxygens (including phenoxy) is 2. The number of hydrogen-bond acceptors (Lipinski definition) is 5. The van der Waals surface area contributed by atoms with Gasteiger partial charge in [0.15, 0.2) is 0 Å². The summed E-state index contributed by atoms with van der Waals surface area (Å²) in [5.41, 5.74) is 4.74. The van der Waals surface area contributed by atoms with Crippen LogP contribution in [-0.4, -0.2) is 25.3 Å². The minimum absolute atomic E-state index is 0.0442. The number of nitrogens with one attached hydrogen (secondary N) is 2. The first-order valence-corrected chi connectivity index (χ1v) is 8.01. The first-order valence-electron chi connectivity index (χ1n) is 8.01. The normalized spacial score (nSPS) is 21.7. The van der Waals surface area contributed by atoms with Gasteiger partial charge in [-0.15, -0.1) is 0 Å². The molecule has 0 radical (unpaired) electrons. The van der Waals surface area contributed by atoms with Crippen LogP contribution in [0.25, 0.3) is 0 Å². The first kappa shape index (κ1) is 15.0. The third kappa shape index (κ3) is 3.14. The summed E-state index contributed by atoms with van der Waals surface area (Å²) in [6.45, 7) is 0. The van der Waals surface area contributed by atoms with E-state index in [1.807, 2.05) is 18.3 Å². The Balaban J connectivity index is 1.75. The lowest BCUT2D eigenvalue weighted by Crippen LogP contribution is -2.45. The summed E-state index contributed by atoms with van der Waals surface area (Å²) in [6, 6.07) is 6.51. The standard InChI is InChI=1S/C17H25N3O2/c1-21-14-8-9-15(16(12-14)22-2)17-18-10-11-20(17)19-13-6-4-3-5-7-13/h8-13,17-19H,3-7H2,1-2H3. The second-order valence-corrected chi connectivity index (χ2v) is 5.86. The van der Waals surface area contributed by atoms with Crippen molar-refractivity contribution < 1.29 is 9.47 Å². The van der Waals surface area contributed by atoms with Crippen molar-refractivity contribution in [1.82, 2.24) is 15.8 Å². The lowest BCUT2D eigenvalue weighted by Gasteiger charge is -2.33. The molecular weight excluding hydrogens is 278 g/mol. The quantitative estimate of drug-likeness (QED) is 0.876. The zero-order valence-electron chi connectivity index (χ0n) is 13.3. The lowest BCUT2D eigenvalue weighted by atomic mass is 9.96. The number of nitrogens with zero attached hydrogens (tertiary/aromatic N) is 1. The molecule has 0 spiro atoms. The van der Waals surface area contributed by atoms with Gasteiger partial charge >= 0.3 is 0 Å². The third-order valence-corrected chi connectivity index (χ3v) is 4.44. The van der Waals surface area contributed by atoms with Gasteiger partial charge in [-0.2, -0.15) is 0 Å². The molecular formula is C17H25N3O2. The largest absolute Gasteiger partial charge is 0.497 e. The van der Waals surface area contributed by atoms with Crippen LogP contribution in [-0.2, 0) is 0 Å². The number of rotatable bonds is 5. The van der Waals surface area contributed by atoms with E-state index in [-0.39, 0.29) is 6.17 Å². The van der Waals surface area contributed by atoms with E-state index < -0.39 is 0 Å². The Morgan fingerprint density at radius 3 is 2.68 bits per heavy atom. The molecule has 22 heavy (non-hydrogen) atoms. The van der Waals surface area contributed by atoms with Crippen LogP contribution in [0.5, 0.6) is 11.5 Å². The number of hydrogen-bond donors (Lipinski definition) is 2. The van der Waals surface area contributed by atoms with Gasteiger partial charge in [-0.25, -0.2) is 5.43 Å². The molecule has 2 N–H and O–H groups in total. The summed E-state index contributed by atoms with van der Waals surface area (Å²) < 4.78 is 10.8. The van der Waals surface area contributed by atoms with Crippen molar-refractivity contribution in [2.75, 3.05) is 14.2 Å². The predicted molar refractivity (Wildman–Crippen MR) is 86.4 cm³/mol. The molecule has 1 atom stereocenters. The van der Waals surface area contributed by atoms with E-state index in [2.05, 4.69) is 28.0 Å². The van der Waals surface area contributed by atoms with Gasteiger partial charge in [0.2, 0.25) is 0 Å². The SMILES string of the molecule is COc1ccc(C2NC=CN2NC2CCCCC2)c(OC)c1. The highest BCUT2D eigenvalue weighted by Crippen LogP contribution is 2.33. The van der Waals surface area contributed by atoms with Crippen molar-refractivity contribution in [3.63, 3.8) is 0 Å². The minimum atomic E-state index is 0.0442. The maximum absolute atomic E-state index is 5.54. The second-order valence-electron chi connectivity index (χ2n) is 5.86. The Hall–Kier alpha value is -1.88. The highest BCUT2D eigenvalue weighted by Gasteiger charge is 2.26. The van der Waals surface area contributed by atoms with E-state index in [1.165, 1.54) is 32.1 Å². The summed E-state index contributed by atoms with van der Waals surface area (Å²) in [7, 11) is 3.36. The highest BCUT2D eigenvalue weighted by atomic mass is 16.5. The van der Waals surface area contributed by atoms with E-state index in [1.54, 1.807) is 14.2 Å². The van der Waals surface area contributed by atoms with E-state index in [0.29, 0.717) is 6.04 Å². The Morgan fingerprint density at radius 2 is 1.95 bits per heavy atom. The van der Waals surface area contributed by atoms with Crippen LogP contribution in [0.1, 0.15) is 43.8 Å². The third-order valence-electron chi connectivity index (χ3n) is 4.44. The average molecular weight is 303 g/mol. The Kier molecular flexibility index (Phi) is 4.73. The van der Waals surface area contributed by atoms with Crippen LogP contribution >= 0.6 is 0 Å². The fraction of sp³-hybridized carbons (Fsp3) is 0.529. The molecule has 1 aliphatic heterocycles. The summed E-state index contributed by atoms with van der Waals surface area (Å²) >= 11 is 0. The van der Waals surface area contributed by atoms with Gasteiger partial charge in [0.25, 0.3) is 0 Å². The van der Waals surface area contributed by atoms with Crippen LogP contribution in [0.3, 0.4) is 0 Å². The van der Waals surface area contributed by atoms with Gasteiger partial charge < -0.3 is 14.8 Å². The molecule has 1 heterocycles. The monoisotopic (exact) mass is 303 g/mol. The maximum Gasteiger partial charge on any atom is 0.143 e. The Labute approximate surface area is 132 Å². The van der Waals surface area contributed by atoms with Gasteiger partial charge in [-0.3, -0.25) is 5.01 Å². The van der Waals surface area contributed by atoms with Crippen LogP contribution in [0.4, 0.5) is 0 Å². The van der Waals surface area contributed by atoms with Crippen molar-refractivity contribution in [3.8, 4) is 11.5 Å². The molecule has 0 amide bonds. The Bertz CT molecular complexity index is 527. The zero-order valence-corrected chi connectivity index (χ0v) is 13.3. The summed E-state index contributed by atoms with van der Waals surface area (Å²) in [6.07, 6.45) is 10.6. The van der Waals surface area contributed by atoms with Gasteiger partial charge in [-0.1, -0.05) is 19.3 Å². The second kappa shape index (κ2) is 6.92. The van der Waals surface area contributed by atoms with Crippen LogP contribution in [0.15, 0.2) is 30.6 Å². The molecule has 5 nitrogen and oxygen atoms in total. The predicted octanol–water partition coefficient (Wildman–Crippen LogP) is 2.92. The molecule has 1 aromatic rings. The number of benzene rings is 1. The molecule has 1 unspecified atom stereocenters. The van der Waals surface area contributed by atoms with Crippen molar-refractivity contribution in [2.24, 2.45) is 0 Å². The highest BCUT2D eigenvalue weighted by molar-refractivity contribution is 5.43. The van der Waals surface area contributed by atoms with E-state index in [4.69, 9.17) is 9.47 Å². The first-order chi connectivity index (χ1) is 10.8. The molecule has 1 aliphatic carbocycles. The maximum atomic E-state index is 5.54. The van der Waals surface area contributed by atoms with Gasteiger partial charge in [0.1, 0.15) is 17.7 Å². The molecule has 120 valence electrons. The molecule has 0 aromatic heterocycles. The Morgan fingerprint density at radius 1 is 1.14 bits per heavy atom. The van der Waals surface area contributed by atoms with E-state index in [0.717, 1.165) is 17.1 Å². The van der Waals surface area contributed by atoms with Crippen molar-refractivity contribution in [3.05, 3.63) is 36.2 Å². The van der Waals surface area contributed by atoms with Gasteiger partial charge in [-0.05, 0) is 25.0 Å². The van der Waals surface area contributed by atoms with Crippen LogP contribution in [0.2, 0.25) is 0 Å². The molecule has 1 aromatic carbocycles. The smallest absolute Gasteiger partial charge is 0.143 e. The van der Waals surface area contributed by atoms with Crippen molar-refractivity contribution in [2.45, 2.75) is 44.3 Å². The zero-order chi connectivity index (χ0) is 15.4. The molecule has 2 aliphatic rings. The fourth-order valence-electron chi connectivity index (χ4n) is 3.22. The minimum Gasteiger partial charge on any atom is -0.497 e. The molecule has 5 heteroatoms. The van der Waals surface area contributed by atoms with Gasteiger partial charge in [0, 0.05) is 30.1 Å². The van der Waals surface area contributed by atoms with E-state index >= 15 is 0 Å². The molecule has 1 fully saturated rings. The van der Waals surface area contributed by atoms with Crippen LogP contribution in [0, 0.1) is 0 Å². The summed E-state index contributed by atoms with van der Waals surface area (Å²) in [5, 5.41) is 5.54. The lowest BCUT2D eigenvalue weighted by molar-refractivity contribution is 0.147. The molecule has 1 saturated carbocycles. The number of hydrazine groups is 1.